The monoisotopic (exact) mass is 384 g/mol. The second-order valence-corrected chi connectivity index (χ2v) is 7.76. The summed E-state index contributed by atoms with van der Waals surface area (Å²) < 4.78 is 45.8. The normalized spacial score (nSPS) is 26.3. The number of rotatable bonds is 5. The lowest BCUT2D eigenvalue weighted by molar-refractivity contribution is -0.153. The summed E-state index contributed by atoms with van der Waals surface area (Å²) in [5, 5.41) is 2.54. The SMILES string of the molecule is CCC(Nc1c(F)cc(F)cc1F)C(=O)N1C[C@H]2[C@@H]([C@H]1C(=O)OC)C2(C)C. The molecule has 1 aliphatic heterocycles. The summed E-state index contributed by atoms with van der Waals surface area (Å²) >= 11 is 0. The second-order valence-electron chi connectivity index (χ2n) is 7.76. The molecular formula is C19H23F3N2O3. The minimum Gasteiger partial charge on any atom is -0.467 e. The van der Waals surface area contributed by atoms with Crippen LogP contribution >= 0.6 is 0 Å². The van der Waals surface area contributed by atoms with Gasteiger partial charge in [-0.15, -0.1) is 0 Å². The molecule has 2 fully saturated rings. The number of carbonyl (C=O) groups is 2. The number of piperidine rings is 1. The number of nitrogens with one attached hydrogen (secondary N) is 1. The van der Waals surface area contributed by atoms with Gasteiger partial charge in [0.15, 0.2) is 11.6 Å². The molecule has 148 valence electrons. The number of methoxy groups -OCH3 is 1. The molecule has 0 bridgehead atoms. The zero-order chi connectivity index (χ0) is 20.1. The van der Waals surface area contributed by atoms with Crippen LogP contribution in [0.1, 0.15) is 27.2 Å². The summed E-state index contributed by atoms with van der Waals surface area (Å²) in [6, 6.07) is -0.561. The number of benzene rings is 1. The average Bonchev–Trinajstić information content (AvgIpc) is 2.95. The van der Waals surface area contributed by atoms with Crippen LogP contribution in [0.25, 0.3) is 0 Å². The zero-order valence-corrected chi connectivity index (χ0v) is 15.7. The summed E-state index contributed by atoms with van der Waals surface area (Å²) in [5.74, 6) is -4.01. The van der Waals surface area contributed by atoms with Crippen molar-refractivity contribution in [1.29, 1.82) is 0 Å². The number of esters is 1. The molecule has 1 saturated carbocycles. The molecule has 27 heavy (non-hydrogen) atoms. The molecule has 1 aromatic carbocycles. The number of nitrogens with zero attached hydrogens (tertiary/aromatic N) is 1. The number of fused-ring (bicyclic) bond motifs is 1. The van der Waals surface area contributed by atoms with E-state index in [1.807, 2.05) is 13.8 Å². The fourth-order valence-electron chi connectivity index (χ4n) is 4.30. The third kappa shape index (κ3) is 3.15. The van der Waals surface area contributed by atoms with Crippen molar-refractivity contribution < 1.29 is 27.5 Å². The van der Waals surface area contributed by atoms with Crippen LogP contribution in [0, 0.1) is 34.7 Å². The van der Waals surface area contributed by atoms with E-state index in [-0.39, 0.29) is 23.7 Å². The quantitative estimate of drug-likeness (QED) is 0.793. The molecule has 5 nitrogen and oxygen atoms in total. The van der Waals surface area contributed by atoms with Gasteiger partial charge in [-0.3, -0.25) is 4.79 Å². The van der Waals surface area contributed by atoms with E-state index >= 15 is 0 Å². The van der Waals surface area contributed by atoms with E-state index in [1.54, 1.807) is 6.92 Å². The largest absolute Gasteiger partial charge is 0.467 e. The highest BCUT2D eigenvalue weighted by molar-refractivity contribution is 5.91. The van der Waals surface area contributed by atoms with Crippen molar-refractivity contribution >= 4 is 17.6 Å². The van der Waals surface area contributed by atoms with Gasteiger partial charge in [0.2, 0.25) is 5.91 Å². The number of hydrogen-bond donors (Lipinski definition) is 1. The molecule has 2 aliphatic rings. The number of ether oxygens (including phenoxy) is 1. The Bertz CT molecular complexity index is 760. The van der Waals surface area contributed by atoms with Crippen molar-refractivity contribution in [2.45, 2.75) is 39.3 Å². The molecular weight excluding hydrogens is 361 g/mol. The van der Waals surface area contributed by atoms with Gasteiger partial charge >= 0.3 is 5.97 Å². The Morgan fingerprint density at radius 3 is 2.41 bits per heavy atom. The highest BCUT2D eigenvalue weighted by atomic mass is 19.1. The van der Waals surface area contributed by atoms with Gasteiger partial charge < -0.3 is 15.0 Å². The number of amides is 1. The standard InChI is InChI=1S/C19H23F3N2O3/c1-5-13(23-15-11(21)6-9(20)7-12(15)22)17(25)24-8-10-14(19(10,2)3)16(24)18(26)27-4/h6-7,10,13-14,16,23H,5,8H2,1-4H3/t10-,13?,14-,16-/m0/s1. The van der Waals surface area contributed by atoms with Gasteiger partial charge in [0, 0.05) is 24.6 Å². The fourth-order valence-corrected chi connectivity index (χ4v) is 4.30. The summed E-state index contributed by atoms with van der Waals surface area (Å²) in [5.41, 5.74) is -0.615. The second kappa shape index (κ2) is 6.73. The molecule has 1 heterocycles. The first-order valence-electron chi connectivity index (χ1n) is 8.92. The highest BCUT2D eigenvalue weighted by Gasteiger charge is 2.70. The predicted molar refractivity (Wildman–Crippen MR) is 92.3 cm³/mol. The Balaban J connectivity index is 1.82. The maximum absolute atomic E-state index is 13.9. The number of carbonyl (C=O) groups excluding carboxylic acids is 2. The molecule has 1 aliphatic carbocycles. The van der Waals surface area contributed by atoms with Gasteiger partial charge in [-0.05, 0) is 17.8 Å². The first-order valence-corrected chi connectivity index (χ1v) is 8.92. The van der Waals surface area contributed by atoms with Crippen LogP contribution in [0.3, 0.4) is 0 Å². The predicted octanol–water partition coefficient (Wildman–Crippen LogP) is 2.95. The van der Waals surface area contributed by atoms with Gasteiger partial charge in [0.25, 0.3) is 0 Å². The summed E-state index contributed by atoms with van der Waals surface area (Å²) in [7, 11) is 1.27. The molecule has 1 N–H and O–H groups in total. The molecule has 0 radical (unpaired) electrons. The Labute approximate surface area is 155 Å². The van der Waals surface area contributed by atoms with E-state index in [0.29, 0.717) is 18.7 Å². The number of likely N-dealkylation sites (tertiary alicyclic amines) is 1. The Morgan fingerprint density at radius 2 is 1.89 bits per heavy atom. The van der Waals surface area contributed by atoms with Crippen LogP contribution in [0.2, 0.25) is 0 Å². The topological polar surface area (TPSA) is 58.6 Å². The van der Waals surface area contributed by atoms with E-state index in [0.717, 1.165) is 0 Å². The van der Waals surface area contributed by atoms with Gasteiger partial charge in [-0.1, -0.05) is 20.8 Å². The van der Waals surface area contributed by atoms with E-state index < -0.39 is 47.1 Å². The van der Waals surface area contributed by atoms with E-state index in [4.69, 9.17) is 4.74 Å². The molecule has 0 spiro atoms. The lowest BCUT2D eigenvalue weighted by Gasteiger charge is -2.32. The third-order valence-corrected chi connectivity index (χ3v) is 5.97. The molecule has 4 atom stereocenters. The molecule has 0 aromatic heterocycles. The fraction of sp³-hybridized carbons (Fsp3) is 0.579. The number of halogens is 3. The van der Waals surface area contributed by atoms with E-state index in [9.17, 15) is 22.8 Å². The molecule has 8 heteroatoms. The lowest BCUT2D eigenvalue weighted by Crippen LogP contribution is -2.51. The van der Waals surface area contributed by atoms with E-state index in [1.165, 1.54) is 12.0 Å². The maximum atomic E-state index is 13.9. The van der Waals surface area contributed by atoms with Crippen molar-refractivity contribution in [3.8, 4) is 0 Å². The van der Waals surface area contributed by atoms with Gasteiger partial charge in [0.1, 0.15) is 23.6 Å². The van der Waals surface area contributed by atoms with Gasteiger partial charge in [-0.2, -0.15) is 0 Å². The van der Waals surface area contributed by atoms with Crippen LogP contribution < -0.4 is 5.32 Å². The average molecular weight is 384 g/mol. The Hall–Kier alpha value is -2.25. The minimum absolute atomic E-state index is 0.00528. The number of hydrogen-bond acceptors (Lipinski definition) is 4. The smallest absolute Gasteiger partial charge is 0.328 e. The summed E-state index contributed by atoms with van der Waals surface area (Å²) in [6.07, 6.45) is 0.234. The molecule has 1 aromatic rings. The highest BCUT2D eigenvalue weighted by Crippen LogP contribution is 2.65. The van der Waals surface area contributed by atoms with Gasteiger partial charge in [0.05, 0.1) is 7.11 Å². The van der Waals surface area contributed by atoms with Crippen molar-refractivity contribution in [2.24, 2.45) is 17.3 Å². The molecule has 1 unspecified atom stereocenters. The number of anilines is 1. The van der Waals surface area contributed by atoms with Crippen molar-refractivity contribution in [1.82, 2.24) is 4.90 Å². The van der Waals surface area contributed by atoms with E-state index in [2.05, 4.69) is 5.32 Å². The van der Waals surface area contributed by atoms with Crippen molar-refractivity contribution in [3.63, 3.8) is 0 Å². The maximum Gasteiger partial charge on any atom is 0.328 e. The van der Waals surface area contributed by atoms with Crippen LogP contribution in [0.15, 0.2) is 12.1 Å². The summed E-state index contributed by atoms with van der Waals surface area (Å²) in [4.78, 5) is 26.7. The third-order valence-electron chi connectivity index (χ3n) is 5.97. The minimum atomic E-state index is -1.12. The molecule has 1 amide bonds. The Kier molecular flexibility index (Phi) is 4.86. The first-order chi connectivity index (χ1) is 12.6. The van der Waals surface area contributed by atoms with Crippen LogP contribution in [0.4, 0.5) is 18.9 Å². The van der Waals surface area contributed by atoms with Crippen LogP contribution in [-0.4, -0.2) is 42.5 Å². The zero-order valence-electron chi connectivity index (χ0n) is 15.7. The lowest BCUT2D eigenvalue weighted by atomic mass is 10.00. The van der Waals surface area contributed by atoms with Gasteiger partial charge in [-0.25, -0.2) is 18.0 Å². The first kappa shape index (κ1) is 19.5. The molecule has 3 rings (SSSR count). The van der Waals surface area contributed by atoms with Crippen molar-refractivity contribution in [3.05, 3.63) is 29.6 Å². The van der Waals surface area contributed by atoms with Crippen LogP contribution in [-0.2, 0) is 14.3 Å². The van der Waals surface area contributed by atoms with Crippen LogP contribution in [0.5, 0.6) is 0 Å². The van der Waals surface area contributed by atoms with Crippen molar-refractivity contribution in [2.75, 3.05) is 19.0 Å². The summed E-state index contributed by atoms with van der Waals surface area (Å²) in [6.45, 7) is 6.16. The Morgan fingerprint density at radius 1 is 1.30 bits per heavy atom. The molecule has 1 saturated heterocycles.